The molecule has 0 saturated heterocycles. The van der Waals surface area contributed by atoms with E-state index in [1.165, 1.54) is 43.7 Å². The van der Waals surface area contributed by atoms with Crippen molar-refractivity contribution in [2.24, 2.45) is 0 Å². The van der Waals surface area contributed by atoms with Crippen molar-refractivity contribution in [1.29, 1.82) is 0 Å². The van der Waals surface area contributed by atoms with Crippen LogP contribution in [0.1, 0.15) is 0 Å². The minimum absolute atomic E-state index is 0.00682. The Hall–Kier alpha value is -2.95. The van der Waals surface area contributed by atoms with Gasteiger partial charge in [-0.25, -0.2) is 0 Å². The SMILES string of the molecule is COc1ccc(-c2coc3cc(O)ccc3c2=O)c([O-])c1. The number of methoxy groups -OCH3 is 1. The van der Waals surface area contributed by atoms with Crippen LogP contribution in [-0.2, 0) is 0 Å². The molecule has 3 aromatic rings. The first-order chi connectivity index (χ1) is 10.1. The highest BCUT2D eigenvalue weighted by molar-refractivity contribution is 5.83. The molecule has 0 aliphatic rings. The molecule has 21 heavy (non-hydrogen) atoms. The average Bonchev–Trinajstić information content (AvgIpc) is 2.48. The lowest BCUT2D eigenvalue weighted by Gasteiger charge is -2.14. The van der Waals surface area contributed by atoms with Crippen LogP contribution in [-0.4, -0.2) is 12.2 Å². The molecule has 3 rings (SSSR count). The van der Waals surface area contributed by atoms with Gasteiger partial charge in [-0.15, -0.1) is 0 Å². The molecule has 1 N–H and O–H groups in total. The molecule has 0 atom stereocenters. The maximum absolute atomic E-state index is 12.4. The lowest BCUT2D eigenvalue weighted by atomic mass is 10.0. The molecule has 0 radical (unpaired) electrons. The highest BCUT2D eigenvalue weighted by atomic mass is 16.5. The number of phenols is 1. The number of phenolic OH excluding ortho intramolecular Hbond substituents is 1. The van der Waals surface area contributed by atoms with Crippen molar-refractivity contribution in [1.82, 2.24) is 0 Å². The third-order valence-corrected chi connectivity index (χ3v) is 3.24. The van der Waals surface area contributed by atoms with Gasteiger partial charge in [0.1, 0.15) is 23.3 Å². The van der Waals surface area contributed by atoms with E-state index in [0.717, 1.165) is 0 Å². The molecule has 0 spiro atoms. The smallest absolute Gasteiger partial charge is 0.200 e. The normalized spacial score (nSPS) is 10.7. The monoisotopic (exact) mass is 283 g/mol. The van der Waals surface area contributed by atoms with E-state index >= 15 is 0 Å². The molecule has 0 bridgehead atoms. The van der Waals surface area contributed by atoms with E-state index < -0.39 is 0 Å². The second-order valence-electron chi connectivity index (χ2n) is 4.52. The van der Waals surface area contributed by atoms with Crippen molar-refractivity contribution in [3.8, 4) is 28.4 Å². The maximum atomic E-state index is 12.4. The molecule has 1 heterocycles. The second-order valence-corrected chi connectivity index (χ2v) is 4.52. The molecule has 5 nitrogen and oxygen atoms in total. The molecule has 0 amide bonds. The summed E-state index contributed by atoms with van der Waals surface area (Å²) in [6.07, 6.45) is 1.23. The summed E-state index contributed by atoms with van der Waals surface area (Å²) in [6, 6.07) is 8.67. The summed E-state index contributed by atoms with van der Waals surface area (Å²) >= 11 is 0. The van der Waals surface area contributed by atoms with Crippen LogP contribution in [0.4, 0.5) is 0 Å². The van der Waals surface area contributed by atoms with Gasteiger partial charge in [0.05, 0.1) is 18.1 Å². The Bertz CT molecular complexity index is 879. The van der Waals surface area contributed by atoms with Gasteiger partial charge in [0.2, 0.25) is 0 Å². The van der Waals surface area contributed by atoms with Crippen molar-refractivity contribution in [3.63, 3.8) is 0 Å². The van der Waals surface area contributed by atoms with Crippen LogP contribution < -0.4 is 15.3 Å². The molecule has 5 heteroatoms. The molecule has 0 unspecified atom stereocenters. The minimum atomic E-state index is -0.321. The van der Waals surface area contributed by atoms with Gasteiger partial charge in [-0.3, -0.25) is 4.79 Å². The number of aromatic hydroxyl groups is 1. The van der Waals surface area contributed by atoms with Crippen molar-refractivity contribution in [3.05, 3.63) is 52.9 Å². The summed E-state index contributed by atoms with van der Waals surface area (Å²) in [7, 11) is 1.46. The molecular formula is C16H11O5-. The Balaban J connectivity index is 2.24. The zero-order valence-corrected chi connectivity index (χ0v) is 11.1. The molecule has 0 fully saturated rings. The Morgan fingerprint density at radius 2 is 1.95 bits per heavy atom. The zero-order valence-electron chi connectivity index (χ0n) is 11.1. The highest BCUT2D eigenvalue weighted by Gasteiger charge is 2.10. The molecule has 1 aromatic heterocycles. The predicted octanol–water partition coefficient (Wildman–Crippen LogP) is 2.25. The first-order valence-corrected chi connectivity index (χ1v) is 6.20. The molecule has 0 aliphatic carbocycles. The number of hydrogen-bond donors (Lipinski definition) is 1. The quantitative estimate of drug-likeness (QED) is 0.780. The number of rotatable bonds is 2. The van der Waals surface area contributed by atoms with Crippen molar-refractivity contribution in [2.45, 2.75) is 0 Å². The van der Waals surface area contributed by atoms with Crippen molar-refractivity contribution in [2.75, 3.05) is 7.11 Å². The lowest BCUT2D eigenvalue weighted by molar-refractivity contribution is -0.267. The minimum Gasteiger partial charge on any atom is -0.872 e. The van der Waals surface area contributed by atoms with Gasteiger partial charge in [-0.2, -0.15) is 0 Å². The number of hydrogen-bond acceptors (Lipinski definition) is 5. The first-order valence-electron chi connectivity index (χ1n) is 6.20. The van der Waals surface area contributed by atoms with E-state index in [4.69, 9.17) is 9.15 Å². The average molecular weight is 283 g/mol. The summed E-state index contributed by atoms with van der Waals surface area (Å²) in [4.78, 5) is 12.4. The Morgan fingerprint density at radius 1 is 1.14 bits per heavy atom. The van der Waals surface area contributed by atoms with Crippen LogP contribution in [0.25, 0.3) is 22.1 Å². The van der Waals surface area contributed by atoms with E-state index in [1.807, 2.05) is 0 Å². The maximum Gasteiger partial charge on any atom is 0.200 e. The Morgan fingerprint density at radius 3 is 2.67 bits per heavy atom. The molecule has 2 aromatic carbocycles. The van der Waals surface area contributed by atoms with E-state index in [-0.39, 0.29) is 33.6 Å². The predicted molar refractivity (Wildman–Crippen MR) is 75.6 cm³/mol. The van der Waals surface area contributed by atoms with Crippen LogP contribution in [0, 0.1) is 0 Å². The Labute approximate surface area is 119 Å². The van der Waals surface area contributed by atoms with E-state index in [0.29, 0.717) is 11.1 Å². The van der Waals surface area contributed by atoms with Crippen LogP contribution >= 0.6 is 0 Å². The second kappa shape index (κ2) is 4.86. The Kier molecular flexibility index (Phi) is 3.02. The summed E-state index contributed by atoms with van der Waals surface area (Å²) < 4.78 is 10.3. The van der Waals surface area contributed by atoms with Gasteiger partial charge < -0.3 is 19.4 Å². The molecule has 0 aliphatic heterocycles. The van der Waals surface area contributed by atoms with E-state index in [1.54, 1.807) is 6.07 Å². The van der Waals surface area contributed by atoms with Gasteiger partial charge >= 0.3 is 0 Å². The summed E-state index contributed by atoms with van der Waals surface area (Å²) in [5, 5.41) is 21.7. The fraction of sp³-hybridized carbons (Fsp3) is 0.0625. The van der Waals surface area contributed by atoms with Crippen molar-refractivity contribution < 1.29 is 19.4 Å². The van der Waals surface area contributed by atoms with Gasteiger partial charge in [-0.05, 0) is 29.8 Å². The molecular weight excluding hydrogens is 272 g/mol. The van der Waals surface area contributed by atoms with Crippen LogP contribution in [0.3, 0.4) is 0 Å². The van der Waals surface area contributed by atoms with Crippen LogP contribution in [0.2, 0.25) is 0 Å². The standard InChI is InChI=1S/C16H12O5/c1-20-10-3-5-11(14(18)7-10)13-8-21-15-6-9(17)2-4-12(15)16(13)19/h2-8,17-18H,1H3/p-1. The summed E-state index contributed by atoms with van der Waals surface area (Å²) in [6.45, 7) is 0. The summed E-state index contributed by atoms with van der Waals surface area (Å²) in [5.41, 5.74) is 0.378. The van der Waals surface area contributed by atoms with Gasteiger partial charge in [-0.1, -0.05) is 11.8 Å². The van der Waals surface area contributed by atoms with Gasteiger partial charge in [0.25, 0.3) is 0 Å². The summed E-state index contributed by atoms with van der Waals surface area (Å²) in [5.74, 6) is 0.117. The number of benzene rings is 2. The van der Waals surface area contributed by atoms with E-state index in [9.17, 15) is 15.0 Å². The van der Waals surface area contributed by atoms with Crippen LogP contribution in [0.5, 0.6) is 17.2 Å². The lowest BCUT2D eigenvalue weighted by Crippen LogP contribution is -2.06. The topological polar surface area (TPSA) is 82.7 Å². The third-order valence-electron chi connectivity index (χ3n) is 3.24. The number of ether oxygens (including phenoxy) is 1. The van der Waals surface area contributed by atoms with E-state index in [2.05, 4.69) is 0 Å². The number of fused-ring (bicyclic) bond motifs is 1. The van der Waals surface area contributed by atoms with Crippen LogP contribution in [0.15, 0.2) is 51.9 Å². The first kappa shape index (κ1) is 13.1. The zero-order chi connectivity index (χ0) is 15.0. The fourth-order valence-corrected chi connectivity index (χ4v) is 2.16. The van der Waals surface area contributed by atoms with Crippen molar-refractivity contribution >= 4 is 11.0 Å². The third kappa shape index (κ3) is 2.18. The van der Waals surface area contributed by atoms with Gasteiger partial charge in [0, 0.05) is 6.07 Å². The van der Waals surface area contributed by atoms with Gasteiger partial charge in [0.15, 0.2) is 5.43 Å². The largest absolute Gasteiger partial charge is 0.872 e. The molecule has 106 valence electrons. The highest BCUT2D eigenvalue weighted by Crippen LogP contribution is 2.30. The fourth-order valence-electron chi connectivity index (χ4n) is 2.16. The molecule has 0 saturated carbocycles.